The highest BCUT2D eigenvalue weighted by Crippen LogP contribution is 2.38. The van der Waals surface area contributed by atoms with Crippen LogP contribution in [0.5, 0.6) is 11.5 Å². The Balaban J connectivity index is 1.89. The van der Waals surface area contributed by atoms with Crippen molar-refractivity contribution in [3.63, 3.8) is 0 Å². The number of fused-ring (bicyclic) bond motifs is 1. The molecule has 0 unspecified atom stereocenters. The first-order valence-electron chi connectivity index (χ1n) is 8.00. The van der Waals surface area contributed by atoms with Gasteiger partial charge in [0.05, 0.1) is 5.02 Å². The molecule has 4 nitrogen and oxygen atoms in total. The van der Waals surface area contributed by atoms with E-state index in [-0.39, 0.29) is 11.9 Å². The highest BCUT2D eigenvalue weighted by Gasteiger charge is 2.24. The maximum atomic E-state index is 13.0. The molecule has 1 aliphatic heterocycles. The van der Waals surface area contributed by atoms with Crippen molar-refractivity contribution in [1.82, 2.24) is 4.90 Å². The molecule has 2 aromatic carbocycles. The summed E-state index contributed by atoms with van der Waals surface area (Å²) in [7, 11) is 0. The van der Waals surface area contributed by atoms with E-state index in [4.69, 9.17) is 21.1 Å². The molecule has 1 aliphatic rings. The van der Waals surface area contributed by atoms with Gasteiger partial charge in [-0.1, -0.05) is 41.9 Å². The fourth-order valence-corrected chi connectivity index (χ4v) is 2.93. The third-order valence-corrected chi connectivity index (χ3v) is 4.20. The summed E-state index contributed by atoms with van der Waals surface area (Å²) in [5, 5.41) is 0.402. The number of halogens is 1. The smallest absolute Gasteiger partial charge is 0.254 e. The molecule has 0 saturated heterocycles. The van der Waals surface area contributed by atoms with Crippen LogP contribution in [0.1, 0.15) is 29.8 Å². The number of nitrogens with zero attached hydrogens (tertiary/aromatic N) is 1. The van der Waals surface area contributed by atoms with Crippen molar-refractivity contribution in [1.29, 1.82) is 0 Å². The zero-order chi connectivity index (χ0) is 17.1. The van der Waals surface area contributed by atoms with Crippen molar-refractivity contribution >= 4 is 17.5 Å². The van der Waals surface area contributed by atoms with E-state index in [9.17, 15) is 4.79 Å². The fraction of sp³-hybridized carbons (Fsp3) is 0.316. The Bertz CT molecular complexity index is 731. The van der Waals surface area contributed by atoms with E-state index in [1.165, 1.54) is 0 Å². The molecule has 24 heavy (non-hydrogen) atoms. The summed E-state index contributed by atoms with van der Waals surface area (Å²) in [5.41, 5.74) is 1.59. The van der Waals surface area contributed by atoms with Gasteiger partial charge in [-0.2, -0.15) is 0 Å². The highest BCUT2D eigenvalue weighted by molar-refractivity contribution is 6.32. The Morgan fingerprint density at radius 3 is 2.58 bits per heavy atom. The Kier molecular flexibility index (Phi) is 4.95. The van der Waals surface area contributed by atoms with Crippen LogP contribution in [-0.4, -0.2) is 30.1 Å². The molecule has 0 aromatic heterocycles. The van der Waals surface area contributed by atoms with E-state index in [0.717, 1.165) is 5.56 Å². The predicted octanol–water partition coefficient (Wildman–Crippen LogP) is 4.16. The van der Waals surface area contributed by atoms with Gasteiger partial charge < -0.3 is 14.4 Å². The van der Waals surface area contributed by atoms with Crippen molar-refractivity contribution in [2.75, 3.05) is 13.2 Å². The number of amides is 1. The summed E-state index contributed by atoms with van der Waals surface area (Å²) in [6.45, 7) is 5.47. The number of hydrogen-bond donors (Lipinski definition) is 0. The summed E-state index contributed by atoms with van der Waals surface area (Å²) in [6.07, 6.45) is 0. The molecule has 0 saturated carbocycles. The lowest BCUT2D eigenvalue weighted by Crippen LogP contribution is -2.36. The summed E-state index contributed by atoms with van der Waals surface area (Å²) in [6, 6.07) is 13.4. The maximum absolute atomic E-state index is 13.0. The normalized spacial score (nSPS) is 13.0. The van der Waals surface area contributed by atoms with Crippen molar-refractivity contribution < 1.29 is 14.3 Å². The van der Waals surface area contributed by atoms with E-state index < -0.39 is 0 Å². The maximum Gasteiger partial charge on any atom is 0.254 e. The Labute approximate surface area is 146 Å². The minimum atomic E-state index is -0.0762. The fourth-order valence-electron chi connectivity index (χ4n) is 2.67. The molecule has 1 amide bonds. The van der Waals surface area contributed by atoms with Gasteiger partial charge in [0.1, 0.15) is 13.2 Å². The summed E-state index contributed by atoms with van der Waals surface area (Å²) in [4.78, 5) is 14.8. The van der Waals surface area contributed by atoms with E-state index in [0.29, 0.717) is 41.8 Å². The second kappa shape index (κ2) is 7.14. The zero-order valence-electron chi connectivity index (χ0n) is 13.8. The molecule has 126 valence electrons. The first kappa shape index (κ1) is 16.7. The second-order valence-electron chi connectivity index (χ2n) is 5.99. The highest BCUT2D eigenvalue weighted by atomic mass is 35.5. The number of carbonyl (C=O) groups is 1. The van der Waals surface area contributed by atoms with Crippen LogP contribution in [0.4, 0.5) is 0 Å². The monoisotopic (exact) mass is 345 g/mol. The second-order valence-corrected chi connectivity index (χ2v) is 6.40. The largest absolute Gasteiger partial charge is 0.486 e. The number of carbonyl (C=O) groups excluding carboxylic acids is 1. The molecule has 0 radical (unpaired) electrons. The Hall–Kier alpha value is -2.20. The van der Waals surface area contributed by atoms with Gasteiger partial charge in [-0.25, -0.2) is 0 Å². The SMILES string of the molecule is CC(C)N(Cc1ccccc1)C(=O)c1cc(Cl)c2c(c1)OCCO2. The van der Waals surface area contributed by atoms with Crippen molar-refractivity contribution in [3.05, 3.63) is 58.6 Å². The molecule has 0 bridgehead atoms. The first-order valence-corrected chi connectivity index (χ1v) is 8.38. The predicted molar refractivity (Wildman–Crippen MR) is 93.9 cm³/mol. The Morgan fingerprint density at radius 1 is 1.17 bits per heavy atom. The van der Waals surface area contributed by atoms with Gasteiger partial charge in [-0.05, 0) is 31.5 Å². The van der Waals surface area contributed by atoms with Gasteiger partial charge in [0.25, 0.3) is 5.91 Å². The average molecular weight is 346 g/mol. The molecule has 0 atom stereocenters. The van der Waals surface area contributed by atoms with Crippen LogP contribution < -0.4 is 9.47 Å². The molecule has 0 spiro atoms. The molecule has 0 aliphatic carbocycles. The van der Waals surface area contributed by atoms with Crippen LogP contribution in [0.2, 0.25) is 5.02 Å². The van der Waals surface area contributed by atoms with Crippen LogP contribution in [0.15, 0.2) is 42.5 Å². The standard InChI is InChI=1S/C19H20ClNO3/c1-13(2)21(12-14-6-4-3-5-7-14)19(22)15-10-16(20)18-17(11-15)23-8-9-24-18/h3-7,10-11,13H,8-9,12H2,1-2H3. The molecule has 1 heterocycles. The minimum Gasteiger partial charge on any atom is -0.486 e. The van der Waals surface area contributed by atoms with Gasteiger partial charge in [0.15, 0.2) is 11.5 Å². The lowest BCUT2D eigenvalue weighted by atomic mass is 10.1. The van der Waals surface area contributed by atoms with E-state index in [1.54, 1.807) is 12.1 Å². The van der Waals surface area contributed by atoms with Gasteiger partial charge >= 0.3 is 0 Å². The molecule has 0 fully saturated rings. The van der Waals surface area contributed by atoms with Crippen molar-refractivity contribution in [2.24, 2.45) is 0 Å². The van der Waals surface area contributed by atoms with Crippen LogP contribution >= 0.6 is 11.6 Å². The lowest BCUT2D eigenvalue weighted by molar-refractivity contribution is 0.0689. The van der Waals surface area contributed by atoms with Crippen LogP contribution in [0.3, 0.4) is 0 Å². The zero-order valence-corrected chi connectivity index (χ0v) is 14.5. The molecule has 3 rings (SSSR count). The number of ether oxygens (including phenoxy) is 2. The Morgan fingerprint density at radius 2 is 1.88 bits per heavy atom. The van der Waals surface area contributed by atoms with Crippen LogP contribution in [0, 0.1) is 0 Å². The lowest BCUT2D eigenvalue weighted by Gasteiger charge is -2.28. The van der Waals surface area contributed by atoms with E-state index >= 15 is 0 Å². The van der Waals surface area contributed by atoms with E-state index in [1.807, 2.05) is 49.1 Å². The average Bonchev–Trinajstić information content (AvgIpc) is 2.60. The van der Waals surface area contributed by atoms with E-state index in [2.05, 4.69) is 0 Å². The van der Waals surface area contributed by atoms with Gasteiger partial charge in [-0.3, -0.25) is 4.79 Å². The quantitative estimate of drug-likeness (QED) is 0.835. The van der Waals surface area contributed by atoms with Gasteiger partial charge in [0, 0.05) is 18.2 Å². The van der Waals surface area contributed by atoms with Crippen molar-refractivity contribution in [2.45, 2.75) is 26.4 Å². The third kappa shape index (κ3) is 3.49. The van der Waals surface area contributed by atoms with Crippen molar-refractivity contribution in [3.8, 4) is 11.5 Å². The minimum absolute atomic E-state index is 0.0599. The van der Waals surface area contributed by atoms with Crippen LogP contribution in [0.25, 0.3) is 0 Å². The topological polar surface area (TPSA) is 38.8 Å². The number of benzene rings is 2. The third-order valence-electron chi connectivity index (χ3n) is 3.92. The number of rotatable bonds is 4. The summed E-state index contributed by atoms with van der Waals surface area (Å²) < 4.78 is 11.1. The molecule has 5 heteroatoms. The van der Waals surface area contributed by atoms with Crippen LogP contribution in [-0.2, 0) is 6.54 Å². The number of hydrogen-bond acceptors (Lipinski definition) is 3. The van der Waals surface area contributed by atoms with Gasteiger partial charge in [-0.15, -0.1) is 0 Å². The molecular formula is C19H20ClNO3. The molecule has 2 aromatic rings. The summed E-state index contributed by atoms with van der Waals surface area (Å²) >= 11 is 6.26. The summed E-state index contributed by atoms with van der Waals surface area (Å²) in [5.74, 6) is 0.965. The first-order chi connectivity index (χ1) is 11.6. The van der Waals surface area contributed by atoms with Gasteiger partial charge in [0.2, 0.25) is 0 Å². The molecular weight excluding hydrogens is 326 g/mol. The molecule has 0 N–H and O–H groups in total.